The monoisotopic (exact) mass is 576 g/mol. The largest absolute Gasteiger partial charge is 0.232 e. The highest BCUT2D eigenvalue weighted by Gasteiger charge is 2.34. The van der Waals surface area contributed by atoms with Crippen molar-refractivity contribution in [3.63, 3.8) is 0 Å². The number of nitrogens with zero attached hydrogens (tertiary/aromatic N) is 2. The molecule has 2 heterocycles. The Balaban J connectivity index is 1.26. The molecule has 9 aromatic rings. The lowest BCUT2D eigenvalue weighted by Gasteiger charge is -2.16. The SMILES string of the molecule is c1ccc2c(c1)-c1c(ccc3c1sc1cc4ccccc4cc13)C2c1nc(-c2cccc3ccccc23)c2ccccc2n1. The number of thiophene rings is 1. The van der Waals surface area contributed by atoms with E-state index in [0.29, 0.717) is 0 Å². The molecule has 1 aliphatic carbocycles. The first kappa shape index (κ1) is 24.1. The maximum absolute atomic E-state index is 5.45. The lowest BCUT2D eigenvalue weighted by atomic mass is 9.94. The Morgan fingerprint density at radius 2 is 1.18 bits per heavy atom. The molecule has 2 nitrogen and oxygen atoms in total. The Hall–Kier alpha value is -5.38. The zero-order valence-electron chi connectivity index (χ0n) is 23.7. The van der Waals surface area contributed by atoms with E-state index in [9.17, 15) is 0 Å². The van der Waals surface area contributed by atoms with Crippen LogP contribution in [0.1, 0.15) is 22.9 Å². The van der Waals surface area contributed by atoms with E-state index in [4.69, 9.17) is 9.97 Å². The molecular formula is C41H24N2S. The second-order valence-corrected chi connectivity index (χ2v) is 12.8. The van der Waals surface area contributed by atoms with Crippen molar-refractivity contribution in [3.05, 3.63) is 156 Å². The molecule has 10 rings (SSSR count). The molecule has 1 aliphatic rings. The van der Waals surface area contributed by atoms with E-state index in [1.54, 1.807) is 0 Å². The molecule has 0 saturated heterocycles. The standard InChI is InChI=1S/C41H24N2S/c1-2-12-26-23-36-34(22-25(26)11-1)31-20-21-33-37(40(31)44-36)28-15-5-6-16-29(28)38(33)41-42-35-19-8-7-17-32(35)39(43-41)30-18-9-13-24-10-3-4-14-27(24)30/h1-23,38H. The van der Waals surface area contributed by atoms with Crippen LogP contribution in [0.4, 0.5) is 0 Å². The minimum Gasteiger partial charge on any atom is -0.232 e. The maximum Gasteiger partial charge on any atom is 0.141 e. The highest BCUT2D eigenvalue weighted by atomic mass is 32.1. The van der Waals surface area contributed by atoms with Gasteiger partial charge in [-0.1, -0.05) is 121 Å². The Labute approximate surface area is 257 Å². The number of benzene rings is 7. The van der Waals surface area contributed by atoms with Gasteiger partial charge in [0.05, 0.1) is 17.1 Å². The number of hydrogen-bond donors (Lipinski definition) is 0. The highest BCUT2D eigenvalue weighted by Crippen LogP contribution is 2.53. The summed E-state index contributed by atoms with van der Waals surface area (Å²) in [6.45, 7) is 0. The number of hydrogen-bond acceptors (Lipinski definition) is 3. The molecule has 0 radical (unpaired) electrons. The Bertz CT molecular complexity index is 2620. The maximum atomic E-state index is 5.45. The lowest BCUT2D eigenvalue weighted by molar-refractivity contribution is 0.892. The van der Waals surface area contributed by atoms with Crippen molar-refractivity contribution in [2.24, 2.45) is 0 Å². The van der Waals surface area contributed by atoms with Gasteiger partial charge in [-0.05, 0) is 56.4 Å². The quantitative estimate of drug-likeness (QED) is 0.205. The average Bonchev–Trinajstić information content (AvgIpc) is 3.61. The van der Waals surface area contributed by atoms with Gasteiger partial charge in [-0.3, -0.25) is 0 Å². The molecule has 0 spiro atoms. The Kier molecular flexibility index (Phi) is 4.96. The van der Waals surface area contributed by atoms with Crippen molar-refractivity contribution in [2.75, 3.05) is 0 Å². The van der Waals surface area contributed by atoms with Crippen LogP contribution in [0.25, 0.3) is 75.0 Å². The molecule has 1 unspecified atom stereocenters. The van der Waals surface area contributed by atoms with Gasteiger partial charge in [-0.2, -0.15) is 0 Å². The molecule has 204 valence electrons. The molecule has 0 N–H and O–H groups in total. The summed E-state index contributed by atoms with van der Waals surface area (Å²) in [5.41, 5.74) is 8.28. The molecule has 0 saturated carbocycles. The number of rotatable bonds is 2. The summed E-state index contributed by atoms with van der Waals surface area (Å²) >= 11 is 1.91. The number of para-hydroxylation sites is 1. The van der Waals surface area contributed by atoms with Crippen molar-refractivity contribution < 1.29 is 0 Å². The molecule has 7 aromatic carbocycles. The molecule has 2 aromatic heterocycles. The van der Waals surface area contributed by atoms with Crippen LogP contribution in [0, 0.1) is 0 Å². The first-order chi connectivity index (χ1) is 21.8. The van der Waals surface area contributed by atoms with E-state index in [1.807, 2.05) is 11.3 Å². The molecular weight excluding hydrogens is 553 g/mol. The predicted octanol–water partition coefficient (Wildman–Crippen LogP) is 11.1. The smallest absolute Gasteiger partial charge is 0.141 e. The predicted molar refractivity (Wildman–Crippen MR) is 186 cm³/mol. The molecule has 0 bridgehead atoms. The number of aromatic nitrogens is 2. The van der Waals surface area contributed by atoms with Gasteiger partial charge in [0.2, 0.25) is 0 Å². The fourth-order valence-corrected chi connectivity index (χ4v) is 8.64. The Morgan fingerprint density at radius 3 is 2.09 bits per heavy atom. The van der Waals surface area contributed by atoms with Crippen LogP contribution in [0.15, 0.2) is 140 Å². The van der Waals surface area contributed by atoms with E-state index in [0.717, 1.165) is 28.0 Å². The van der Waals surface area contributed by atoms with Crippen LogP contribution >= 0.6 is 11.3 Å². The summed E-state index contributed by atoms with van der Waals surface area (Å²) in [5.74, 6) is 0.803. The third-order valence-electron chi connectivity index (χ3n) is 9.32. The van der Waals surface area contributed by atoms with Crippen LogP contribution in [0.5, 0.6) is 0 Å². The normalized spacial score (nSPS) is 14.1. The first-order valence-corrected chi connectivity index (χ1v) is 15.9. The van der Waals surface area contributed by atoms with E-state index in [2.05, 4.69) is 140 Å². The second-order valence-electron chi connectivity index (χ2n) is 11.7. The summed E-state index contributed by atoms with van der Waals surface area (Å²) < 4.78 is 2.67. The number of fused-ring (bicyclic) bond motifs is 10. The van der Waals surface area contributed by atoms with Gasteiger partial charge in [-0.15, -0.1) is 11.3 Å². The van der Waals surface area contributed by atoms with Gasteiger partial charge in [0, 0.05) is 36.7 Å². The van der Waals surface area contributed by atoms with Crippen molar-refractivity contribution in [2.45, 2.75) is 5.92 Å². The van der Waals surface area contributed by atoms with Gasteiger partial charge in [0.1, 0.15) is 5.82 Å². The van der Waals surface area contributed by atoms with Crippen molar-refractivity contribution in [1.29, 1.82) is 0 Å². The minimum absolute atomic E-state index is 0.0479. The average molecular weight is 577 g/mol. The molecule has 1 atom stereocenters. The van der Waals surface area contributed by atoms with E-state index in [1.165, 1.54) is 64.0 Å². The topological polar surface area (TPSA) is 25.8 Å². The molecule has 0 fully saturated rings. The summed E-state index contributed by atoms with van der Waals surface area (Å²) in [7, 11) is 0. The van der Waals surface area contributed by atoms with Crippen LogP contribution in [-0.4, -0.2) is 9.97 Å². The third kappa shape index (κ3) is 3.36. The summed E-state index contributed by atoms with van der Waals surface area (Å²) in [6, 6.07) is 50.4. The van der Waals surface area contributed by atoms with E-state index < -0.39 is 0 Å². The highest BCUT2D eigenvalue weighted by molar-refractivity contribution is 7.26. The van der Waals surface area contributed by atoms with Crippen molar-refractivity contribution in [1.82, 2.24) is 9.97 Å². The zero-order chi connectivity index (χ0) is 28.8. The van der Waals surface area contributed by atoms with E-state index >= 15 is 0 Å². The summed E-state index contributed by atoms with van der Waals surface area (Å²) in [6.07, 6.45) is 0. The van der Waals surface area contributed by atoms with Crippen LogP contribution in [-0.2, 0) is 0 Å². The van der Waals surface area contributed by atoms with Crippen LogP contribution < -0.4 is 0 Å². The van der Waals surface area contributed by atoms with Crippen molar-refractivity contribution in [3.8, 4) is 22.4 Å². The van der Waals surface area contributed by atoms with Gasteiger partial charge in [0.25, 0.3) is 0 Å². The van der Waals surface area contributed by atoms with Crippen molar-refractivity contribution >= 4 is 64.0 Å². The van der Waals surface area contributed by atoms with Gasteiger partial charge < -0.3 is 0 Å². The Morgan fingerprint density at radius 1 is 0.477 bits per heavy atom. The van der Waals surface area contributed by atoms with Crippen LogP contribution in [0.2, 0.25) is 0 Å². The lowest BCUT2D eigenvalue weighted by Crippen LogP contribution is -2.07. The van der Waals surface area contributed by atoms with Gasteiger partial charge in [-0.25, -0.2) is 9.97 Å². The molecule has 3 heteroatoms. The van der Waals surface area contributed by atoms with E-state index in [-0.39, 0.29) is 5.92 Å². The molecule has 44 heavy (non-hydrogen) atoms. The van der Waals surface area contributed by atoms with Gasteiger partial charge >= 0.3 is 0 Å². The summed E-state index contributed by atoms with van der Waals surface area (Å²) in [4.78, 5) is 10.7. The van der Waals surface area contributed by atoms with Crippen LogP contribution in [0.3, 0.4) is 0 Å². The molecule has 0 aliphatic heterocycles. The fraction of sp³-hybridized carbons (Fsp3) is 0.0244. The fourth-order valence-electron chi connectivity index (χ4n) is 7.34. The first-order valence-electron chi connectivity index (χ1n) is 15.0. The minimum atomic E-state index is -0.0479. The molecule has 0 amide bonds. The third-order valence-corrected chi connectivity index (χ3v) is 10.5. The second kappa shape index (κ2) is 9.06. The van der Waals surface area contributed by atoms with Gasteiger partial charge in [0.15, 0.2) is 0 Å². The zero-order valence-corrected chi connectivity index (χ0v) is 24.5. The summed E-state index contributed by atoms with van der Waals surface area (Å²) in [5, 5.41) is 8.71.